The van der Waals surface area contributed by atoms with Crippen LogP contribution < -0.4 is 9.80 Å². The van der Waals surface area contributed by atoms with Gasteiger partial charge in [-0.1, -0.05) is 6.92 Å². The summed E-state index contributed by atoms with van der Waals surface area (Å²) < 4.78 is 0. The van der Waals surface area contributed by atoms with Crippen LogP contribution in [-0.2, 0) is 4.79 Å². The highest BCUT2D eigenvalue weighted by Gasteiger charge is 2.26. The Morgan fingerprint density at radius 1 is 0.897 bits per heavy atom. The van der Waals surface area contributed by atoms with Crippen molar-refractivity contribution in [1.29, 1.82) is 0 Å². The predicted molar refractivity (Wildman–Crippen MR) is 116 cm³/mol. The Kier molecular flexibility index (Phi) is 6.85. The molecular weight excluding hydrogens is 364 g/mol. The molecule has 1 aromatic heterocycles. The van der Waals surface area contributed by atoms with Gasteiger partial charge in [0.15, 0.2) is 0 Å². The fourth-order valence-electron chi connectivity index (χ4n) is 4.86. The summed E-state index contributed by atoms with van der Waals surface area (Å²) in [5.41, 5.74) is 0. The SMILES string of the molecule is CCN1CCN(C(=O)CC2CCN(c3cc(N4CCCCC4)ncn3)CC2)CC1. The van der Waals surface area contributed by atoms with Gasteiger partial charge in [0, 0.05) is 64.8 Å². The third kappa shape index (κ3) is 5.18. The summed E-state index contributed by atoms with van der Waals surface area (Å²) in [4.78, 5) is 31.0. The van der Waals surface area contributed by atoms with E-state index in [9.17, 15) is 4.79 Å². The zero-order valence-electron chi connectivity index (χ0n) is 17.9. The topological polar surface area (TPSA) is 55.8 Å². The molecule has 0 atom stereocenters. The van der Waals surface area contributed by atoms with Gasteiger partial charge in [-0.25, -0.2) is 9.97 Å². The smallest absolute Gasteiger partial charge is 0.222 e. The fraction of sp³-hybridized carbons (Fsp3) is 0.773. The number of carbonyl (C=O) groups excluding carboxylic acids is 1. The van der Waals surface area contributed by atoms with E-state index in [1.165, 1.54) is 19.3 Å². The van der Waals surface area contributed by atoms with Crippen molar-refractivity contribution < 1.29 is 4.79 Å². The van der Waals surface area contributed by atoms with Crippen LogP contribution in [0.3, 0.4) is 0 Å². The van der Waals surface area contributed by atoms with Crippen LogP contribution in [0.25, 0.3) is 0 Å². The zero-order valence-corrected chi connectivity index (χ0v) is 17.9. The highest BCUT2D eigenvalue weighted by molar-refractivity contribution is 5.76. The number of nitrogens with zero attached hydrogens (tertiary/aromatic N) is 6. The Bertz CT molecular complexity index is 661. The number of anilines is 2. The molecule has 7 heteroatoms. The molecule has 0 N–H and O–H groups in total. The lowest BCUT2D eigenvalue weighted by atomic mass is 9.93. The maximum atomic E-state index is 12.7. The van der Waals surface area contributed by atoms with Crippen molar-refractivity contribution in [1.82, 2.24) is 19.8 Å². The number of piperazine rings is 1. The number of amides is 1. The predicted octanol–water partition coefficient (Wildman–Crippen LogP) is 2.24. The lowest BCUT2D eigenvalue weighted by Crippen LogP contribution is -2.49. The van der Waals surface area contributed by atoms with Crippen LogP contribution in [0.4, 0.5) is 11.6 Å². The number of rotatable bonds is 5. The van der Waals surface area contributed by atoms with Crippen LogP contribution in [0.5, 0.6) is 0 Å². The molecule has 0 bridgehead atoms. The lowest BCUT2D eigenvalue weighted by Gasteiger charge is -2.36. The molecule has 160 valence electrons. The van der Waals surface area contributed by atoms with Crippen LogP contribution in [0.15, 0.2) is 12.4 Å². The largest absolute Gasteiger partial charge is 0.356 e. The Balaban J connectivity index is 1.26. The molecule has 0 unspecified atom stereocenters. The molecule has 0 aromatic carbocycles. The first-order valence-electron chi connectivity index (χ1n) is 11.5. The maximum absolute atomic E-state index is 12.7. The van der Waals surface area contributed by atoms with Crippen LogP contribution in [-0.4, -0.2) is 84.6 Å². The normalized spacial score (nSPS) is 22.2. The van der Waals surface area contributed by atoms with E-state index < -0.39 is 0 Å². The van der Waals surface area contributed by atoms with E-state index >= 15 is 0 Å². The van der Waals surface area contributed by atoms with Crippen molar-refractivity contribution in [3.63, 3.8) is 0 Å². The van der Waals surface area contributed by atoms with Crippen LogP contribution in [0, 0.1) is 5.92 Å². The van der Waals surface area contributed by atoms with Gasteiger partial charge in [-0.3, -0.25) is 4.79 Å². The zero-order chi connectivity index (χ0) is 20.1. The van der Waals surface area contributed by atoms with Crippen LogP contribution >= 0.6 is 0 Å². The van der Waals surface area contributed by atoms with E-state index in [0.29, 0.717) is 18.2 Å². The van der Waals surface area contributed by atoms with Gasteiger partial charge in [0.1, 0.15) is 18.0 Å². The molecule has 0 spiro atoms. The fourth-order valence-corrected chi connectivity index (χ4v) is 4.86. The van der Waals surface area contributed by atoms with Gasteiger partial charge in [0.2, 0.25) is 5.91 Å². The third-order valence-corrected chi connectivity index (χ3v) is 6.89. The minimum Gasteiger partial charge on any atom is -0.356 e. The second-order valence-electron chi connectivity index (χ2n) is 8.73. The molecular formula is C22H36N6O. The summed E-state index contributed by atoms with van der Waals surface area (Å²) in [5.74, 6) is 2.97. The van der Waals surface area contributed by atoms with Gasteiger partial charge in [-0.05, 0) is 44.6 Å². The number of piperidine rings is 2. The molecule has 0 aliphatic carbocycles. The van der Waals surface area contributed by atoms with Crippen LogP contribution in [0.1, 0.15) is 45.4 Å². The first kappa shape index (κ1) is 20.4. The van der Waals surface area contributed by atoms with Gasteiger partial charge < -0.3 is 19.6 Å². The highest BCUT2D eigenvalue weighted by atomic mass is 16.2. The van der Waals surface area contributed by atoms with Crippen molar-refractivity contribution in [2.45, 2.75) is 45.4 Å². The summed E-state index contributed by atoms with van der Waals surface area (Å²) in [5, 5.41) is 0. The standard InChI is InChI=1S/C22H36N6O/c1-2-25-12-14-28(15-13-25)22(29)16-19-6-10-27(11-7-19)21-17-20(23-18-24-21)26-8-4-3-5-9-26/h17-19H,2-16H2,1H3. The average Bonchev–Trinajstić information content (AvgIpc) is 2.80. The van der Waals surface area contributed by atoms with Gasteiger partial charge in [-0.2, -0.15) is 0 Å². The third-order valence-electron chi connectivity index (χ3n) is 6.89. The van der Waals surface area contributed by atoms with Crippen molar-refractivity contribution in [3.8, 4) is 0 Å². The van der Waals surface area contributed by atoms with Crippen molar-refractivity contribution in [3.05, 3.63) is 12.4 Å². The Labute approximate surface area is 175 Å². The van der Waals surface area contributed by atoms with E-state index in [4.69, 9.17) is 0 Å². The van der Waals surface area contributed by atoms with Gasteiger partial charge in [-0.15, -0.1) is 0 Å². The number of likely N-dealkylation sites (N-methyl/N-ethyl adjacent to an activating group) is 1. The number of hydrogen-bond acceptors (Lipinski definition) is 6. The van der Waals surface area contributed by atoms with Gasteiger partial charge >= 0.3 is 0 Å². The molecule has 1 aromatic rings. The first-order chi connectivity index (χ1) is 14.2. The van der Waals surface area contributed by atoms with Gasteiger partial charge in [0.05, 0.1) is 0 Å². The van der Waals surface area contributed by atoms with Crippen molar-refractivity contribution in [2.75, 3.05) is 68.7 Å². The molecule has 29 heavy (non-hydrogen) atoms. The summed E-state index contributed by atoms with van der Waals surface area (Å²) in [7, 11) is 0. The number of carbonyl (C=O) groups is 1. The highest BCUT2D eigenvalue weighted by Crippen LogP contribution is 2.27. The summed E-state index contributed by atoms with van der Waals surface area (Å²) in [6, 6.07) is 2.16. The van der Waals surface area contributed by atoms with Crippen LogP contribution in [0.2, 0.25) is 0 Å². The number of aromatic nitrogens is 2. The Hall–Kier alpha value is -1.89. The van der Waals surface area contributed by atoms with Gasteiger partial charge in [0.25, 0.3) is 0 Å². The minimum atomic E-state index is 0.355. The number of hydrogen-bond donors (Lipinski definition) is 0. The van der Waals surface area contributed by atoms with Crippen molar-refractivity contribution in [2.24, 2.45) is 5.92 Å². The second-order valence-corrected chi connectivity index (χ2v) is 8.73. The molecule has 4 heterocycles. The Morgan fingerprint density at radius 2 is 1.52 bits per heavy atom. The van der Waals surface area contributed by atoms with Crippen molar-refractivity contribution >= 4 is 17.5 Å². The molecule has 4 rings (SSSR count). The summed E-state index contributed by atoms with van der Waals surface area (Å²) in [6.07, 6.45) is 8.41. The molecule has 3 saturated heterocycles. The molecule has 7 nitrogen and oxygen atoms in total. The van der Waals surface area contributed by atoms with E-state index in [2.05, 4.69) is 42.6 Å². The molecule has 3 aliphatic heterocycles. The summed E-state index contributed by atoms with van der Waals surface area (Å²) in [6.45, 7) is 11.3. The second kappa shape index (κ2) is 9.74. The summed E-state index contributed by atoms with van der Waals surface area (Å²) >= 11 is 0. The maximum Gasteiger partial charge on any atom is 0.222 e. The monoisotopic (exact) mass is 400 g/mol. The molecule has 3 fully saturated rings. The van der Waals surface area contributed by atoms with E-state index in [0.717, 1.165) is 83.4 Å². The average molecular weight is 401 g/mol. The molecule has 0 radical (unpaired) electrons. The Morgan fingerprint density at radius 3 is 2.14 bits per heavy atom. The molecule has 3 aliphatic rings. The minimum absolute atomic E-state index is 0.355. The lowest BCUT2D eigenvalue weighted by molar-refractivity contribution is -0.134. The molecule has 0 saturated carbocycles. The van der Waals surface area contributed by atoms with E-state index in [1.54, 1.807) is 6.33 Å². The van der Waals surface area contributed by atoms with E-state index in [-0.39, 0.29) is 0 Å². The first-order valence-corrected chi connectivity index (χ1v) is 11.5. The molecule has 1 amide bonds. The van der Waals surface area contributed by atoms with E-state index in [1.807, 2.05) is 0 Å². The quantitative estimate of drug-likeness (QED) is 0.756.